The molecule has 2 N–H and O–H groups in total. The van der Waals surface area contributed by atoms with E-state index in [0.29, 0.717) is 12.1 Å². The highest BCUT2D eigenvalue weighted by Crippen LogP contribution is 2.32. The van der Waals surface area contributed by atoms with Gasteiger partial charge in [-0.3, -0.25) is 4.90 Å². The van der Waals surface area contributed by atoms with Crippen molar-refractivity contribution in [3.05, 3.63) is 35.4 Å². The molecular formula is C14H22N2. The Bertz CT molecular complexity index is 346. The van der Waals surface area contributed by atoms with Crippen molar-refractivity contribution in [3.63, 3.8) is 0 Å². The second-order valence-corrected chi connectivity index (χ2v) is 4.79. The molecule has 1 heterocycles. The zero-order valence-corrected chi connectivity index (χ0v) is 10.3. The van der Waals surface area contributed by atoms with Gasteiger partial charge < -0.3 is 5.73 Å². The Kier molecular flexibility index (Phi) is 3.62. The highest BCUT2D eigenvalue weighted by atomic mass is 15.2. The summed E-state index contributed by atoms with van der Waals surface area (Å²) in [5, 5.41) is 0. The first-order chi connectivity index (χ1) is 7.74. The second-order valence-electron chi connectivity index (χ2n) is 4.79. The molecule has 1 saturated heterocycles. The fraction of sp³-hybridized carbons (Fsp3) is 0.571. The molecule has 0 aromatic heterocycles. The Morgan fingerprint density at radius 2 is 2.12 bits per heavy atom. The predicted molar refractivity (Wildman–Crippen MR) is 68.4 cm³/mol. The van der Waals surface area contributed by atoms with E-state index in [0.717, 1.165) is 19.5 Å². The molecule has 0 bridgehead atoms. The van der Waals surface area contributed by atoms with Gasteiger partial charge in [-0.05, 0) is 37.4 Å². The van der Waals surface area contributed by atoms with Crippen LogP contribution < -0.4 is 5.73 Å². The van der Waals surface area contributed by atoms with Gasteiger partial charge in [-0.2, -0.15) is 0 Å². The van der Waals surface area contributed by atoms with Gasteiger partial charge in [-0.15, -0.1) is 0 Å². The van der Waals surface area contributed by atoms with Gasteiger partial charge in [0.1, 0.15) is 0 Å². The monoisotopic (exact) mass is 218 g/mol. The van der Waals surface area contributed by atoms with Crippen LogP contribution in [0.4, 0.5) is 0 Å². The van der Waals surface area contributed by atoms with Crippen molar-refractivity contribution in [1.29, 1.82) is 0 Å². The van der Waals surface area contributed by atoms with Gasteiger partial charge >= 0.3 is 0 Å². The summed E-state index contributed by atoms with van der Waals surface area (Å²) in [6, 6.07) is 9.37. The maximum Gasteiger partial charge on any atom is 0.0502 e. The molecule has 2 atom stereocenters. The van der Waals surface area contributed by atoms with E-state index in [9.17, 15) is 0 Å². The van der Waals surface area contributed by atoms with Crippen molar-refractivity contribution in [2.75, 3.05) is 13.1 Å². The molecule has 2 heteroatoms. The minimum absolute atomic E-state index is 0.299. The third-order valence-electron chi connectivity index (χ3n) is 3.57. The predicted octanol–water partition coefficient (Wildman–Crippen LogP) is 2.48. The molecule has 1 aromatic carbocycles. The molecule has 1 aromatic rings. The Balaban J connectivity index is 2.26. The van der Waals surface area contributed by atoms with Crippen molar-refractivity contribution < 1.29 is 0 Å². The molecule has 1 aliphatic heterocycles. The number of likely N-dealkylation sites (tertiary alicyclic amines) is 1. The Labute approximate surface area is 98.4 Å². The normalized spacial score (nSPS) is 26.2. The van der Waals surface area contributed by atoms with Crippen LogP contribution in [0, 0.1) is 6.92 Å². The molecule has 1 aliphatic rings. The summed E-state index contributed by atoms with van der Waals surface area (Å²) in [7, 11) is 0. The van der Waals surface area contributed by atoms with Crippen molar-refractivity contribution in [2.24, 2.45) is 5.73 Å². The van der Waals surface area contributed by atoms with Gasteiger partial charge in [0.15, 0.2) is 0 Å². The summed E-state index contributed by atoms with van der Waals surface area (Å²) in [6.45, 7) is 6.73. The van der Waals surface area contributed by atoms with Crippen molar-refractivity contribution >= 4 is 0 Å². The summed E-state index contributed by atoms with van der Waals surface area (Å²) in [4.78, 5) is 2.53. The first-order valence-electron chi connectivity index (χ1n) is 6.29. The van der Waals surface area contributed by atoms with Crippen LogP contribution in [0.1, 0.15) is 36.9 Å². The summed E-state index contributed by atoms with van der Waals surface area (Å²) < 4.78 is 0. The topological polar surface area (TPSA) is 29.3 Å². The smallest absolute Gasteiger partial charge is 0.0502 e. The van der Waals surface area contributed by atoms with Crippen molar-refractivity contribution in [3.8, 4) is 0 Å². The Hall–Kier alpha value is -0.860. The third kappa shape index (κ3) is 2.13. The fourth-order valence-electron chi connectivity index (χ4n) is 2.77. The number of hydrogen-bond acceptors (Lipinski definition) is 2. The largest absolute Gasteiger partial charge is 0.326 e. The Morgan fingerprint density at radius 3 is 2.81 bits per heavy atom. The minimum atomic E-state index is 0.299. The summed E-state index contributed by atoms with van der Waals surface area (Å²) >= 11 is 0. The lowest BCUT2D eigenvalue weighted by atomic mass is 9.96. The van der Waals surface area contributed by atoms with Gasteiger partial charge in [0.25, 0.3) is 0 Å². The number of hydrogen-bond donors (Lipinski definition) is 1. The van der Waals surface area contributed by atoms with Crippen molar-refractivity contribution in [1.82, 2.24) is 4.90 Å². The molecule has 0 amide bonds. The van der Waals surface area contributed by atoms with E-state index in [4.69, 9.17) is 5.73 Å². The highest BCUT2D eigenvalue weighted by molar-refractivity contribution is 5.30. The van der Waals surface area contributed by atoms with Gasteiger partial charge in [-0.25, -0.2) is 0 Å². The van der Waals surface area contributed by atoms with Gasteiger partial charge in [-0.1, -0.05) is 31.2 Å². The summed E-state index contributed by atoms with van der Waals surface area (Å²) in [5.41, 5.74) is 9.04. The van der Waals surface area contributed by atoms with E-state index < -0.39 is 0 Å². The molecule has 0 spiro atoms. The SMILES string of the molecule is CCCN1CCC(N)C1c1ccccc1C. The average Bonchev–Trinajstić information content (AvgIpc) is 2.62. The van der Waals surface area contributed by atoms with Crippen LogP contribution >= 0.6 is 0 Å². The lowest BCUT2D eigenvalue weighted by Gasteiger charge is -2.28. The standard InChI is InChI=1S/C14H22N2/c1-3-9-16-10-8-13(15)14(16)12-7-5-4-6-11(12)2/h4-7,13-14H,3,8-10,15H2,1-2H3. The second kappa shape index (κ2) is 4.98. The van der Waals surface area contributed by atoms with Crippen LogP contribution in [0.3, 0.4) is 0 Å². The summed E-state index contributed by atoms with van der Waals surface area (Å²) in [6.07, 6.45) is 2.33. The first-order valence-corrected chi connectivity index (χ1v) is 6.29. The van der Waals surface area contributed by atoms with Crippen LogP contribution in [-0.2, 0) is 0 Å². The number of aryl methyl sites for hydroxylation is 1. The summed E-state index contributed by atoms with van der Waals surface area (Å²) in [5.74, 6) is 0. The zero-order valence-electron chi connectivity index (χ0n) is 10.3. The molecule has 0 radical (unpaired) electrons. The zero-order chi connectivity index (χ0) is 11.5. The van der Waals surface area contributed by atoms with Gasteiger partial charge in [0.05, 0.1) is 6.04 Å². The number of nitrogens with two attached hydrogens (primary N) is 1. The molecule has 88 valence electrons. The molecular weight excluding hydrogens is 196 g/mol. The number of rotatable bonds is 3. The fourth-order valence-corrected chi connectivity index (χ4v) is 2.77. The van der Waals surface area contributed by atoms with Crippen LogP contribution in [0.5, 0.6) is 0 Å². The minimum Gasteiger partial charge on any atom is -0.326 e. The van der Waals surface area contributed by atoms with Gasteiger partial charge in [0.2, 0.25) is 0 Å². The van der Waals surface area contributed by atoms with E-state index >= 15 is 0 Å². The first kappa shape index (κ1) is 11.6. The quantitative estimate of drug-likeness (QED) is 0.844. The molecule has 0 saturated carbocycles. The van der Waals surface area contributed by atoms with Crippen LogP contribution in [0.2, 0.25) is 0 Å². The molecule has 2 rings (SSSR count). The highest BCUT2D eigenvalue weighted by Gasteiger charge is 2.32. The van der Waals surface area contributed by atoms with Crippen LogP contribution in [-0.4, -0.2) is 24.0 Å². The van der Waals surface area contributed by atoms with E-state index in [1.165, 1.54) is 17.5 Å². The number of nitrogens with zero attached hydrogens (tertiary/aromatic N) is 1. The molecule has 1 fully saturated rings. The van der Waals surface area contributed by atoms with E-state index in [2.05, 4.69) is 43.0 Å². The van der Waals surface area contributed by atoms with Crippen LogP contribution in [0.25, 0.3) is 0 Å². The van der Waals surface area contributed by atoms with E-state index in [1.54, 1.807) is 0 Å². The molecule has 2 unspecified atom stereocenters. The molecule has 2 nitrogen and oxygen atoms in total. The van der Waals surface area contributed by atoms with Crippen LogP contribution in [0.15, 0.2) is 24.3 Å². The lowest BCUT2D eigenvalue weighted by Crippen LogP contribution is -2.32. The van der Waals surface area contributed by atoms with E-state index in [1.807, 2.05) is 0 Å². The molecule has 0 aliphatic carbocycles. The molecule has 16 heavy (non-hydrogen) atoms. The van der Waals surface area contributed by atoms with Gasteiger partial charge in [0, 0.05) is 12.6 Å². The maximum atomic E-state index is 6.26. The van der Waals surface area contributed by atoms with Crippen molar-refractivity contribution in [2.45, 2.75) is 38.8 Å². The van der Waals surface area contributed by atoms with E-state index in [-0.39, 0.29) is 0 Å². The maximum absolute atomic E-state index is 6.26. The average molecular weight is 218 g/mol. The third-order valence-corrected chi connectivity index (χ3v) is 3.57. The Morgan fingerprint density at radius 1 is 1.38 bits per heavy atom. The lowest BCUT2D eigenvalue weighted by molar-refractivity contribution is 0.247. The number of benzene rings is 1.